The van der Waals surface area contributed by atoms with E-state index in [9.17, 15) is 0 Å². The fraction of sp³-hybridized carbons (Fsp3) is 0.769. The van der Waals surface area contributed by atoms with Gasteiger partial charge in [-0.2, -0.15) is 0 Å². The number of aromatic nitrogens is 2. The molecule has 90 valence electrons. The highest BCUT2D eigenvalue weighted by atomic mass is 32.1. The van der Waals surface area contributed by atoms with E-state index in [4.69, 9.17) is 12.2 Å². The average molecular weight is 238 g/mol. The summed E-state index contributed by atoms with van der Waals surface area (Å²) in [4.78, 5) is 3.21. The van der Waals surface area contributed by atoms with Crippen LogP contribution in [0.15, 0.2) is 6.20 Å². The molecule has 0 saturated heterocycles. The number of hydrogen-bond donors (Lipinski definition) is 1. The van der Waals surface area contributed by atoms with Gasteiger partial charge in [0.25, 0.3) is 0 Å². The van der Waals surface area contributed by atoms with E-state index in [0.29, 0.717) is 6.04 Å². The highest BCUT2D eigenvalue weighted by Gasteiger charge is 2.40. The first-order valence-electron chi connectivity index (χ1n) is 6.25. The molecular weight excluding hydrogens is 216 g/mol. The molecule has 2 rings (SSSR count). The van der Waals surface area contributed by atoms with Gasteiger partial charge in [-0.1, -0.05) is 34.1 Å². The fourth-order valence-electron chi connectivity index (χ4n) is 2.51. The lowest BCUT2D eigenvalue weighted by molar-refractivity contribution is 0.500. The van der Waals surface area contributed by atoms with Crippen LogP contribution in [0.1, 0.15) is 58.7 Å². The van der Waals surface area contributed by atoms with Gasteiger partial charge in [0, 0.05) is 23.3 Å². The molecule has 2 atom stereocenters. The van der Waals surface area contributed by atoms with Crippen molar-refractivity contribution in [2.75, 3.05) is 0 Å². The monoisotopic (exact) mass is 238 g/mol. The lowest BCUT2D eigenvalue weighted by Gasteiger charge is -2.21. The number of aromatic amines is 1. The Kier molecular flexibility index (Phi) is 2.99. The second-order valence-electron chi connectivity index (χ2n) is 5.95. The summed E-state index contributed by atoms with van der Waals surface area (Å²) in [7, 11) is 0. The highest BCUT2D eigenvalue weighted by Crippen LogP contribution is 2.48. The summed E-state index contributed by atoms with van der Waals surface area (Å²) < 4.78 is 3.25. The van der Waals surface area contributed by atoms with Gasteiger partial charge >= 0.3 is 0 Å². The SMILES string of the molecule is CCCC1CC1n1c(C(C)(C)C)c[nH]c1=S. The average Bonchev–Trinajstić information content (AvgIpc) is 2.79. The molecule has 1 aliphatic rings. The van der Waals surface area contributed by atoms with Crippen LogP contribution in [0.3, 0.4) is 0 Å². The van der Waals surface area contributed by atoms with Gasteiger partial charge in [-0.25, -0.2) is 0 Å². The van der Waals surface area contributed by atoms with Crippen LogP contribution < -0.4 is 0 Å². The quantitative estimate of drug-likeness (QED) is 0.783. The smallest absolute Gasteiger partial charge is 0.177 e. The highest BCUT2D eigenvalue weighted by molar-refractivity contribution is 7.71. The zero-order valence-electron chi connectivity index (χ0n) is 10.7. The van der Waals surface area contributed by atoms with Gasteiger partial charge in [-0.15, -0.1) is 0 Å². The van der Waals surface area contributed by atoms with Crippen molar-refractivity contribution in [1.82, 2.24) is 9.55 Å². The zero-order valence-corrected chi connectivity index (χ0v) is 11.5. The summed E-state index contributed by atoms with van der Waals surface area (Å²) in [5.41, 5.74) is 1.52. The van der Waals surface area contributed by atoms with Gasteiger partial charge in [-0.3, -0.25) is 0 Å². The maximum absolute atomic E-state index is 5.40. The first-order chi connectivity index (χ1) is 7.45. The molecule has 1 aliphatic carbocycles. The molecule has 0 spiro atoms. The maximum Gasteiger partial charge on any atom is 0.177 e. The van der Waals surface area contributed by atoms with E-state index in [0.717, 1.165) is 10.7 Å². The number of imidazole rings is 1. The minimum Gasteiger partial charge on any atom is -0.337 e. The van der Waals surface area contributed by atoms with Crippen molar-refractivity contribution < 1.29 is 0 Å². The molecule has 0 amide bonds. The first kappa shape index (κ1) is 11.9. The van der Waals surface area contributed by atoms with E-state index in [1.807, 2.05) is 0 Å². The minimum atomic E-state index is 0.174. The summed E-state index contributed by atoms with van der Waals surface area (Å²) in [6.07, 6.45) is 6.01. The van der Waals surface area contributed by atoms with Crippen molar-refractivity contribution in [3.05, 3.63) is 16.7 Å². The molecule has 2 unspecified atom stereocenters. The second kappa shape index (κ2) is 4.02. The second-order valence-corrected chi connectivity index (χ2v) is 6.34. The Bertz CT molecular complexity index is 422. The predicted molar refractivity (Wildman–Crippen MR) is 70.4 cm³/mol. The summed E-state index contributed by atoms with van der Waals surface area (Å²) in [6, 6.07) is 0.660. The van der Waals surface area contributed by atoms with Crippen molar-refractivity contribution in [1.29, 1.82) is 0 Å². The Balaban J connectivity index is 2.28. The van der Waals surface area contributed by atoms with Crippen LogP contribution in [-0.2, 0) is 5.41 Å². The van der Waals surface area contributed by atoms with Gasteiger partial charge in [0.1, 0.15) is 0 Å². The van der Waals surface area contributed by atoms with Gasteiger partial charge in [-0.05, 0) is 31.0 Å². The number of H-pyrrole nitrogens is 1. The van der Waals surface area contributed by atoms with E-state index in [2.05, 4.69) is 43.4 Å². The molecule has 2 nitrogen and oxygen atoms in total. The van der Waals surface area contributed by atoms with Gasteiger partial charge in [0.15, 0.2) is 4.77 Å². The number of hydrogen-bond acceptors (Lipinski definition) is 1. The van der Waals surface area contributed by atoms with E-state index >= 15 is 0 Å². The fourth-order valence-corrected chi connectivity index (χ4v) is 2.81. The van der Waals surface area contributed by atoms with Gasteiger partial charge in [0.05, 0.1) is 0 Å². The number of nitrogens with one attached hydrogen (secondary N) is 1. The molecule has 0 aromatic carbocycles. The third kappa shape index (κ3) is 2.10. The third-order valence-corrected chi connectivity index (χ3v) is 3.77. The van der Waals surface area contributed by atoms with E-state index in [1.165, 1.54) is 25.0 Å². The largest absolute Gasteiger partial charge is 0.337 e. The van der Waals surface area contributed by atoms with Crippen LogP contribution in [0.4, 0.5) is 0 Å². The Morgan fingerprint density at radius 3 is 2.75 bits per heavy atom. The molecule has 1 aromatic rings. The van der Waals surface area contributed by atoms with Crippen LogP contribution in [0, 0.1) is 10.7 Å². The van der Waals surface area contributed by atoms with E-state index < -0.39 is 0 Å². The number of rotatable bonds is 3. The van der Waals surface area contributed by atoms with Crippen LogP contribution >= 0.6 is 12.2 Å². The molecule has 1 aromatic heterocycles. The zero-order chi connectivity index (χ0) is 11.9. The molecule has 1 fully saturated rings. The molecule has 16 heavy (non-hydrogen) atoms. The third-order valence-electron chi connectivity index (χ3n) is 3.46. The number of nitrogens with zero attached hydrogens (tertiary/aromatic N) is 1. The molecule has 1 heterocycles. The van der Waals surface area contributed by atoms with Gasteiger partial charge < -0.3 is 9.55 Å². The summed E-state index contributed by atoms with van der Waals surface area (Å²) >= 11 is 5.40. The van der Waals surface area contributed by atoms with Crippen LogP contribution in [0.2, 0.25) is 0 Å². The first-order valence-corrected chi connectivity index (χ1v) is 6.66. The van der Waals surface area contributed by atoms with Crippen LogP contribution in [-0.4, -0.2) is 9.55 Å². The molecule has 0 aliphatic heterocycles. The van der Waals surface area contributed by atoms with Crippen LogP contribution in [0.25, 0.3) is 0 Å². The van der Waals surface area contributed by atoms with Crippen molar-refractivity contribution in [3.63, 3.8) is 0 Å². The van der Waals surface area contributed by atoms with Crippen molar-refractivity contribution >= 4 is 12.2 Å². The molecule has 1 N–H and O–H groups in total. The summed E-state index contributed by atoms with van der Waals surface area (Å²) in [5, 5.41) is 0. The van der Waals surface area contributed by atoms with Crippen molar-refractivity contribution in [2.45, 2.75) is 58.4 Å². The van der Waals surface area contributed by atoms with Gasteiger partial charge in [0.2, 0.25) is 0 Å². The molecule has 0 bridgehead atoms. The van der Waals surface area contributed by atoms with Crippen molar-refractivity contribution in [2.24, 2.45) is 5.92 Å². The Hall–Kier alpha value is -0.570. The van der Waals surface area contributed by atoms with Crippen LogP contribution in [0.5, 0.6) is 0 Å². The Morgan fingerprint density at radius 1 is 1.50 bits per heavy atom. The molecule has 3 heteroatoms. The molecule has 0 radical (unpaired) electrons. The lowest BCUT2D eigenvalue weighted by atomic mass is 9.92. The normalized spacial score (nSPS) is 24.8. The minimum absolute atomic E-state index is 0.174. The summed E-state index contributed by atoms with van der Waals surface area (Å²) in [5.74, 6) is 0.855. The van der Waals surface area contributed by atoms with E-state index in [1.54, 1.807) is 0 Å². The Labute approximate surface area is 103 Å². The molecular formula is C13H22N2S. The Morgan fingerprint density at radius 2 is 2.19 bits per heavy atom. The van der Waals surface area contributed by atoms with E-state index in [-0.39, 0.29) is 5.41 Å². The summed E-state index contributed by atoms with van der Waals surface area (Å²) in [6.45, 7) is 9.01. The standard InChI is InChI=1S/C13H22N2S/c1-5-6-9-7-10(9)15-11(13(2,3)4)8-14-12(15)16/h8-10H,5-7H2,1-4H3,(H,14,16). The lowest BCUT2D eigenvalue weighted by Crippen LogP contribution is -2.17. The predicted octanol–water partition coefficient (Wildman–Crippen LogP) is 4.20. The van der Waals surface area contributed by atoms with Crippen molar-refractivity contribution in [3.8, 4) is 0 Å². The topological polar surface area (TPSA) is 20.7 Å². The maximum atomic E-state index is 5.40. The molecule has 1 saturated carbocycles.